The average Bonchev–Trinajstić information content (AvgIpc) is 2.78. The quantitative estimate of drug-likeness (QED) is 0.773. The number of benzene rings is 2. The van der Waals surface area contributed by atoms with E-state index in [1.165, 1.54) is 0 Å². The van der Waals surface area contributed by atoms with Gasteiger partial charge in [0.05, 0.1) is 23.1 Å². The zero-order valence-electron chi connectivity index (χ0n) is 16.9. The van der Waals surface area contributed by atoms with Gasteiger partial charge >= 0.3 is 0 Å². The molecule has 2 atom stereocenters. The second-order valence-corrected chi connectivity index (χ2v) is 7.94. The molecule has 0 aliphatic carbocycles. The van der Waals surface area contributed by atoms with Gasteiger partial charge in [-0.1, -0.05) is 24.3 Å². The van der Waals surface area contributed by atoms with Crippen LogP contribution in [-0.2, 0) is 0 Å². The summed E-state index contributed by atoms with van der Waals surface area (Å²) in [6.45, 7) is 5.02. The molecular weight excluding hydrogens is 376 g/mol. The number of fused-ring (bicyclic) bond motifs is 4. The van der Waals surface area contributed by atoms with E-state index in [2.05, 4.69) is 22.8 Å². The van der Waals surface area contributed by atoms with Gasteiger partial charge in [-0.3, -0.25) is 9.98 Å². The first-order valence-electron chi connectivity index (χ1n) is 10.2. The van der Waals surface area contributed by atoms with Crippen LogP contribution in [0.25, 0.3) is 11.4 Å². The van der Waals surface area contributed by atoms with E-state index in [4.69, 9.17) is 19.5 Å². The van der Waals surface area contributed by atoms with Crippen LogP contribution in [0.4, 0.5) is 0 Å². The van der Waals surface area contributed by atoms with Crippen molar-refractivity contribution < 1.29 is 9.47 Å². The Morgan fingerprint density at radius 2 is 1.13 bits per heavy atom. The molecule has 2 aromatic rings. The lowest BCUT2D eigenvalue weighted by Gasteiger charge is -2.38. The second-order valence-electron chi connectivity index (χ2n) is 7.94. The molecule has 6 nitrogen and oxygen atoms in total. The molecule has 4 aliphatic rings. The first kappa shape index (κ1) is 17.3. The van der Waals surface area contributed by atoms with E-state index < -0.39 is 0 Å². The van der Waals surface area contributed by atoms with Crippen molar-refractivity contribution in [1.29, 1.82) is 0 Å². The predicted octanol–water partition coefficient (Wildman–Crippen LogP) is 3.37. The van der Waals surface area contributed by atoms with Gasteiger partial charge in [-0.15, -0.1) is 0 Å². The highest BCUT2D eigenvalue weighted by molar-refractivity contribution is 5.96. The van der Waals surface area contributed by atoms with Gasteiger partial charge in [0, 0.05) is 22.3 Å². The summed E-state index contributed by atoms with van der Waals surface area (Å²) >= 11 is 0. The summed E-state index contributed by atoms with van der Waals surface area (Å²) in [5.74, 6) is 3.58. The van der Waals surface area contributed by atoms with Gasteiger partial charge < -0.3 is 20.1 Å². The SMILES string of the molecule is CC1=NC(C2N=C(C)NC3=C2COc2ccccc23)C2=C(N1)c1ccccc1OC2. The molecule has 6 rings (SSSR count). The number of nitrogens with one attached hydrogen (secondary N) is 2. The van der Waals surface area contributed by atoms with Crippen LogP contribution in [0, 0.1) is 0 Å². The minimum Gasteiger partial charge on any atom is -0.488 e. The Morgan fingerprint density at radius 3 is 1.60 bits per heavy atom. The lowest BCUT2D eigenvalue weighted by molar-refractivity contribution is 0.317. The summed E-state index contributed by atoms with van der Waals surface area (Å²) < 4.78 is 12.2. The molecule has 0 radical (unpaired) electrons. The van der Waals surface area contributed by atoms with Gasteiger partial charge in [-0.2, -0.15) is 0 Å². The highest BCUT2D eigenvalue weighted by Gasteiger charge is 2.39. The smallest absolute Gasteiger partial charge is 0.129 e. The largest absolute Gasteiger partial charge is 0.488 e. The fourth-order valence-electron chi connectivity index (χ4n) is 4.68. The lowest BCUT2D eigenvalue weighted by Crippen LogP contribution is -2.45. The van der Waals surface area contributed by atoms with Gasteiger partial charge in [-0.25, -0.2) is 0 Å². The molecule has 4 heterocycles. The van der Waals surface area contributed by atoms with E-state index in [1.807, 2.05) is 50.2 Å². The van der Waals surface area contributed by atoms with Gasteiger partial charge in [0.2, 0.25) is 0 Å². The molecule has 0 saturated heterocycles. The van der Waals surface area contributed by atoms with Crippen molar-refractivity contribution in [2.75, 3.05) is 13.2 Å². The molecule has 30 heavy (non-hydrogen) atoms. The van der Waals surface area contributed by atoms with Gasteiger partial charge in [-0.05, 0) is 38.1 Å². The zero-order chi connectivity index (χ0) is 20.2. The molecule has 2 aromatic carbocycles. The molecule has 0 saturated carbocycles. The van der Waals surface area contributed by atoms with E-state index in [1.54, 1.807) is 0 Å². The third-order valence-electron chi connectivity index (χ3n) is 6.01. The number of nitrogens with zero attached hydrogens (tertiary/aromatic N) is 2. The topological polar surface area (TPSA) is 67.2 Å². The Morgan fingerprint density at radius 1 is 0.700 bits per heavy atom. The second kappa shape index (κ2) is 6.49. The van der Waals surface area contributed by atoms with Crippen LogP contribution in [-0.4, -0.2) is 37.0 Å². The molecule has 0 aromatic heterocycles. The van der Waals surface area contributed by atoms with Gasteiger partial charge in [0.1, 0.15) is 36.8 Å². The maximum atomic E-state index is 6.09. The fourth-order valence-corrected chi connectivity index (χ4v) is 4.68. The summed E-state index contributed by atoms with van der Waals surface area (Å²) in [6.07, 6.45) is 0. The lowest BCUT2D eigenvalue weighted by atomic mass is 9.86. The molecule has 2 N–H and O–H groups in total. The van der Waals surface area contributed by atoms with Crippen molar-refractivity contribution >= 4 is 23.1 Å². The fraction of sp³-hybridized carbons (Fsp3) is 0.250. The Hall–Kier alpha value is -3.54. The van der Waals surface area contributed by atoms with Crippen molar-refractivity contribution in [2.45, 2.75) is 25.9 Å². The van der Waals surface area contributed by atoms with E-state index in [9.17, 15) is 0 Å². The van der Waals surface area contributed by atoms with Gasteiger partial charge in [0.15, 0.2) is 0 Å². The van der Waals surface area contributed by atoms with Crippen LogP contribution in [0.5, 0.6) is 11.5 Å². The van der Waals surface area contributed by atoms with Crippen molar-refractivity contribution in [1.82, 2.24) is 10.6 Å². The zero-order valence-corrected chi connectivity index (χ0v) is 16.9. The highest BCUT2D eigenvalue weighted by Crippen LogP contribution is 2.41. The minimum atomic E-state index is -0.134. The molecular formula is C24H22N4O2. The van der Waals surface area contributed by atoms with Crippen molar-refractivity contribution in [3.63, 3.8) is 0 Å². The van der Waals surface area contributed by atoms with E-state index in [0.717, 1.165) is 56.8 Å². The molecule has 0 amide bonds. The monoisotopic (exact) mass is 398 g/mol. The Labute approximate surface area is 175 Å². The number of hydrogen-bond acceptors (Lipinski definition) is 6. The summed E-state index contributed by atoms with van der Waals surface area (Å²) in [5.41, 5.74) is 6.61. The number of aliphatic imine (C=N–C) groups is 2. The third-order valence-corrected chi connectivity index (χ3v) is 6.01. The molecule has 2 unspecified atom stereocenters. The van der Waals surface area contributed by atoms with Crippen molar-refractivity contribution in [2.24, 2.45) is 9.98 Å². The molecule has 0 fully saturated rings. The average molecular weight is 398 g/mol. The van der Waals surface area contributed by atoms with Crippen LogP contribution in [0.3, 0.4) is 0 Å². The first-order chi connectivity index (χ1) is 14.7. The highest BCUT2D eigenvalue weighted by atomic mass is 16.5. The van der Waals surface area contributed by atoms with Gasteiger partial charge in [0.25, 0.3) is 0 Å². The summed E-state index contributed by atoms with van der Waals surface area (Å²) in [6, 6.07) is 16.0. The Kier molecular flexibility index (Phi) is 3.75. The normalized spacial score (nSPS) is 23.9. The van der Waals surface area contributed by atoms with Crippen LogP contribution in [0.2, 0.25) is 0 Å². The van der Waals surface area contributed by atoms with Crippen molar-refractivity contribution in [3.05, 3.63) is 70.8 Å². The maximum absolute atomic E-state index is 6.09. The molecule has 0 spiro atoms. The minimum absolute atomic E-state index is 0.134. The summed E-state index contributed by atoms with van der Waals surface area (Å²) in [7, 11) is 0. The third kappa shape index (κ3) is 2.56. The van der Waals surface area contributed by atoms with Crippen LogP contribution in [0.15, 0.2) is 69.7 Å². The van der Waals surface area contributed by atoms with E-state index >= 15 is 0 Å². The summed E-state index contributed by atoms with van der Waals surface area (Å²) in [4.78, 5) is 9.98. The van der Waals surface area contributed by atoms with E-state index in [0.29, 0.717) is 13.2 Å². The van der Waals surface area contributed by atoms with Crippen molar-refractivity contribution in [3.8, 4) is 11.5 Å². The standard InChI is InChI=1S/C24H22N4O2/c1-13-25-21-15-7-3-5-9-19(15)29-11-17(21)23(27-13)24-18-12-30-20-10-6-4-8-16(20)22(18)26-14(2)28-24/h3-10,23-24H,11-12H2,1-2H3,(H,25,27)(H,26,28). The number of rotatable bonds is 1. The molecule has 150 valence electrons. The summed E-state index contributed by atoms with van der Waals surface area (Å²) in [5, 5.41) is 6.96. The molecule has 0 bridgehead atoms. The van der Waals surface area contributed by atoms with Crippen LogP contribution >= 0.6 is 0 Å². The molecule has 6 heteroatoms. The number of hydrogen-bond donors (Lipinski definition) is 2. The Bertz CT molecular complexity index is 1100. The maximum Gasteiger partial charge on any atom is 0.129 e. The number of amidine groups is 2. The number of ether oxygens (including phenoxy) is 2. The van der Waals surface area contributed by atoms with Crippen LogP contribution in [0.1, 0.15) is 25.0 Å². The Balaban J connectivity index is 1.50. The van der Waals surface area contributed by atoms with Crippen LogP contribution < -0.4 is 20.1 Å². The van der Waals surface area contributed by atoms with E-state index in [-0.39, 0.29) is 12.1 Å². The predicted molar refractivity (Wildman–Crippen MR) is 118 cm³/mol. The first-order valence-corrected chi connectivity index (χ1v) is 10.2. The number of para-hydroxylation sites is 2. The molecule has 4 aliphatic heterocycles.